The maximum Gasteiger partial charge on any atom is 0.317 e. The van der Waals surface area contributed by atoms with E-state index in [4.69, 9.17) is 20.7 Å². The number of rotatable bonds is 4. The number of ether oxygens (including phenoxy) is 1. The summed E-state index contributed by atoms with van der Waals surface area (Å²) >= 11 is 0. The van der Waals surface area contributed by atoms with E-state index in [1.807, 2.05) is 0 Å². The highest BCUT2D eigenvalue weighted by atomic mass is 16.6. The summed E-state index contributed by atoms with van der Waals surface area (Å²) in [6.45, 7) is -0.516. The predicted octanol–water partition coefficient (Wildman–Crippen LogP) is -4.25. The topological polar surface area (TPSA) is 166 Å². The molecule has 0 amide bonds. The van der Waals surface area contributed by atoms with Gasteiger partial charge in [-0.1, -0.05) is 0 Å². The Balaban J connectivity index is 2.67. The molecule has 1 aliphatic heterocycles. The van der Waals surface area contributed by atoms with Crippen LogP contribution in [0.4, 0.5) is 0 Å². The second-order valence-corrected chi connectivity index (χ2v) is 3.76. The number of aliphatic carboxylic acids is 1. The zero-order valence-corrected chi connectivity index (χ0v) is 8.80. The van der Waals surface area contributed by atoms with Crippen LogP contribution in [0.1, 0.15) is 0 Å². The van der Waals surface area contributed by atoms with Crippen molar-refractivity contribution in [3.8, 4) is 0 Å². The van der Waals surface area contributed by atoms with E-state index in [0.29, 0.717) is 0 Å². The first kappa shape index (κ1) is 14.3. The molecule has 0 aromatic rings. The molecule has 8 N–H and O–H groups in total. The Hall–Kier alpha value is -0.810. The van der Waals surface area contributed by atoms with Gasteiger partial charge in [0.05, 0.1) is 6.54 Å². The van der Waals surface area contributed by atoms with Gasteiger partial charge < -0.3 is 36.0 Å². The molecule has 6 atom stereocenters. The first-order chi connectivity index (χ1) is 7.84. The van der Waals surface area contributed by atoms with Gasteiger partial charge >= 0.3 is 5.97 Å². The van der Waals surface area contributed by atoms with E-state index in [1.54, 1.807) is 0 Å². The van der Waals surface area contributed by atoms with Crippen molar-refractivity contribution in [2.75, 3.05) is 6.54 Å². The van der Waals surface area contributed by atoms with E-state index < -0.39 is 49.4 Å². The minimum atomic E-state index is -1.60. The summed E-state index contributed by atoms with van der Waals surface area (Å²) in [5.74, 6) is -1.19. The summed E-state index contributed by atoms with van der Waals surface area (Å²) in [6, 6.07) is 0. The van der Waals surface area contributed by atoms with Gasteiger partial charge in [-0.25, -0.2) is 0 Å². The van der Waals surface area contributed by atoms with Gasteiger partial charge in [0.25, 0.3) is 0 Å². The van der Waals surface area contributed by atoms with Crippen molar-refractivity contribution in [3.05, 3.63) is 0 Å². The number of nitrogens with two attached hydrogens (primary N) is 1. The normalized spacial score (nSPS) is 39.9. The van der Waals surface area contributed by atoms with Crippen LogP contribution in [0.5, 0.6) is 0 Å². The van der Waals surface area contributed by atoms with E-state index >= 15 is 0 Å². The lowest BCUT2D eigenvalue weighted by atomic mass is 9.97. The summed E-state index contributed by atoms with van der Waals surface area (Å²) in [5, 5.41) is 48.3. The molecular weight excluding hydrogens is 236 g/mol. The van der Waals surface area contributed by atoms with Crippen molar-refractivity contribution in [1.82, 2.24) is 5.32 Å². The first-order valence-corrected chi connectivity index (χ1v) is 4.93. The van der Waals surface area contributed by atoms with Crippen molar-refractivity contribution in [3.63, 3.8) is 0 Å². The van der Waals surface area contributed by atoms with Crippen LogP contribution in [0.2, 0.25) is 0 Å². The summed E-state index contributed by atoms with van der Waals surface area (Å²) in [6.07, 6.45) is -8.82. The zero-order valence-electron chi connectivity index (χ0n) is 8.80. The third-order valence-corrected chi connectivity index (χ3v) is 2.44. The smallest absolute Gasteiger partial charge is 0.317 e. The minimum Gasteiger partial charge on any atom is -0.480 e. The number of aliphatic hydroxyl groups is 4. The molecule has 1 aliphatic rings. The van der Waals surface area contributed by atoms with Gasteiger partial charge in [-0.3, -0.25) is 10.1 Å². The van der Waals surface area contributed by atoms with Crippen molar-refractivity contribution in [1.29, 1.82) is 0 Å². The lowest BCUT2D eigenvalue weighted by Gasteiger charge is -2.41. The van der Waals surface area contributed by atoms with E-state index in [9.17, 15) is 20.1 Å². The molecule has 1 rings (SSSR count). The van der Waals surface area contributed by atoms with Crippen LogP contribution in [0.15, 0.2) is 0 Å². The molecule has 9 nitrogen and oxygen atoms in total. The van der Waals surface area contributed by atoms with Crippen LogP contribution in [0, 0.1) is 0 Å². The van der Waals surface area contributed by atoms with Crippen LogP contribution >= 0.6 is 0 Å². The number of carbonyl (C=O) groups is 1. The largest absolute Gasteiger partial charge is 0.480 e. The number of carboxylic acids is 1. The molecule has 0 aromatic heterocycles. The molecule has 0 spiro atoms. The number of aliphatic hydroxyl groups excluding tert-OH is 4. The summed E-state index contributed by atoms with van der Waals surface area (Å²) in [4.78, 5) is 10.3. The van der Waals surface area contributed by atoms with Crippen LogP contribution in [-0.4, -0.2) is 74.9 Å². The van der Waals surface area contributed by atoms with E-state index in [0.717, 1.165) is 0 Å². The van der Waals surface area contributed by atoms with Crippen LogP contribution in [-0.2, 0) is 9.53 Å². The average molecular weight is 252 g/mol. The number of hydrogen-bond acceptors (Lipinski definition) is 8. The molecule has 1 heterocycles. The highest BCUT2D eigenvalue weighted by Crippen LogP contribution is 2.20. The molecule has 9 heteroatoms. The van der Waals surface area contributed by atoms with E-state index in [2.05, 4.69) is 5.32 Å². The SMILES string of the molecule is NC(O)[C@H]1OC(NCC(=O)O)[C@H](O)[C@@H](O)[C@H]1O. The molecule has 100 valence electrons. The molecule has 0 aromatic carbocycles. The Morgan fingerprint density at radius 1 is 1.29 bits per heavy atom. The van der Waals surface area contributed by atoms with Crippen LogP contribution in [0.3, 0.4) is 0 Å². The standard InChI is InChI=1S/C8H16N2O7/c9-7(16)6-4(14)3(13)5(15)8(17-6)10-1-2(11)12/h3-8,10,13-16H,1,9H2,(H,11,12)/t3-,4+,5+,6-,7?,8?/m0/s1. The maximum atomic E-state index is 10.3. The van der Waals surface area contributed by atoms with Gasteiger partial charge in [0.2, 0.25) is 0 Å². The Kier molecular flexibility index (Phi) is 4.77. The highest BCUT2D eigenvalue weighted by molar-refractivity contribution is 5.69. The Labute approximate surface area is 96.4 Å². The molecule has 0 aliphatic carbocycles. The van der Waals surface area contributed by atoms with Gasteiger partial charge in [-0.05, 0) is 0 Å². The second-order valence-electron chi connectivity index (χ2n) is 3.76. The van der Waals surface area contributed by atoms with Crippen molar-refractivity contribution < 1.29 is 35.1 Å². The summed E-state index contributed by atoms with van der Waals surface area (Å²) in [5.41, 5.74) is 5.12. The predicted molar refractivity (Wildman–Crippen MR) is 52.5 cm³/mol. The number of carboxylic acid groups (broad SMARTS) is 1. The fraction of sp³-hybridized carbons (Fsp3) is 0.875. The maximum absolute atomic E-state index is 10.3. The third-order valence-electron chi connectivity index (χ3n) is 2.44. The van der Waals surface area contributed by atoms with Gasteiger partial charge in [0.15, 0.2) is 0 Å². The van der Waals surface area contributed by atoms with Crippen molar-refractivity contribution in [2.45, 2.75) is 36.9 Å². The molecule has 1 saturated heterocycles. The zero-order chi connectivity index (χ0) is 13.2. The molecule has 0 bridgehead atoms. The Morgan fingerprint density at radius 2 is 1.88 bits per heavy atom. The number of nitrogens with one attached hydrogen (secondary N) is 1. The quantitative estimate of drug-likeness (QED) is 0.245. The highest BCUT2D eigenvalue weighted by Gasteiger charge is 2.45. The lowest BCUT2D eigenvalue weighted by molar-refractivity contribution is -0.249. The fourth-order valence-electron chi connectivity index (χ4n) is 1.55. The van der Waals surface area contributed by atoms with Crippen LogP contribution in [0.25, 0.3) is 0 Å². The summed E-state index contributed by atoms with van der Waals surface area (Å²) in [7, 11) is 0. The Bertz CT molecular complexity index is 275. The molecule has 1 fully saturated rings. The summed E-state index contributed by atoms with van der Waals surface area (Å²) < 4.78 is 4.98. The van der Waals surface area contributed by atoms with Gasteiger partial charge in [0, 0.05) is 0 Å². The van der Waals surface area contributed by atoms with Gasteiger partial charge in [0.1, 0.15) is 36.9 Å². The van der Waals surface area contributed by atoms with Crippen molar-refractivity contribution >= 4 is 5.97 Å². The second kappa shape index (κ2) is 5.69. The number of hydrogen-bond donors (Lipinski definition) is 7. The Morgan fingerprint density at radius 3 is 2.35 bits per heavy atom. The van der Waals surface area contributed by atoms with Crippen molar-refractivity contribution in [2.24, 2.45) is 5.73 Å². The monoisotopic (exact) mass is 252 g/mol. The average Bonchev–Trinajstić information content (AvgIpc) is 2.24. The molecule has 2 unspecified atom stereocenters. The minimum absolute atomic E-state index is 0.516. The lowest BCUT2D eigenvalue weighted by Crippen LogP contribution is -2.65. The third kappa shape index (κ3) is 3.33. The van der Waals surface area contributed by atoms with E-state index in [-0.39, 0.29) is 0 Å². The fourth-order valence-corrected chi connectivity index (χ4v) is 1.55. The molecule has 17 heavy (non-hydrogen) atoms. The van der Waals surface area contributed by atoms with Gasteiger partial charge in [-0.15, -0.1) is 0 Å². The molecule has 0 radical (unpaired) electrons. The van der Waals surface area contributed by atoms with Gasteiger partial charge in [-0.2, -0.15) is 0 Å². The molecule has 0 saturated carbocycles. The van der Waals surface area contributed by atoms with Crippen LogP contribution < -0.4 is 11.1 Å². The first-order valence-electron chi connectivity index (χ1n) is 4.93. The van der Waals surface area contributed by atoms with E-state index in [1.165, 1.54) is 0 Å². The molecular formula is C8H16N2O7.